The number of amides is 1. The molecule has 6 nitrogen and oxygen atoms in total. The molecule has 0 spiro atoms. The number of halogens is 1. The van der Waals surface area contributed by atoms with Crippen molar-refractivity contribution >= 4 is 44.1 Å². The number of aromatic nitrogens is 1. The molecular weight excluding hydrogens is 491 g/mol. The topological polar surface area (TPSA) is 79.7 Å². The van der Waals surface area contributed by atoms with Gasteiger partial charge >= 0.3 is 5.91 Å². The number of benzene rings is 3. The molecule has 4 aromatic rings. The van der Waals surface area contributed by atoms with E-state index in [9.17, 15) is 19.1 Å². The summed E-state index contributed by atoms with van der Waals surface area (Å²) in [5.41, 5.74) is 3.66. The van der Waals surface area contributed by atoms with Crippen LogP contribution in [0.25, 0.3) is 16.0 Å². The summed E-state index contributed by atoms with van der Waals surface area (Å²) in [7, 11) is 0. The quantitative estimate of drug-likeness (QED) is 0.207. The Labute approximate surface area is 216 Å². The van der Waals surface area contributed by atoms with Gasteiger partial charge in [-0.05, 0) is 66.4 Å². The number of aliphatic hydroxyl groups excluding tert-OH is 1. The van der Waals surface area contributed by atoms with Crippen molar-refractivity contribution in [3.05, 3.63) is 94.3 Å². The molecule has 0 bridgehead atoms. The Morgan fingerprint density at radius 1 is 1.14 bits per heavy atom. The van der Waals surface area contributed by atoms with Gasteiger partial charge in [-0.25, -0.2) is 9.37 Å². The molecule has 1 fully saturated rings. The summed E-state index contributed by atoms with van der Waals surface area (Å²) >= 11 is 1.13. The van der Waals surface area contributed by atoms with E-state index >= 15 is 0 Å². The lowest BCUT2D eigenvalue weighted by atomic mass is 9.94. The fourth-order valence-electron chi connectivity index (χ4n) is 5.00. The lowest BCUT2D eigenvalue weighted by molar-refractivity contribution is -0.132. The van der Waals surface area contributed by atoms with Crippen molar-refractivity contribution in [1.29, 1.82) is 0 Å². The van der Waals surface area contributed by atoms with E-state index in [0.29, 0.717) is 27.8 Å². The summed E-state index contributed by atoms with van der Waals surface area (Å²) in [6.45, 7) is 4.01. The Hall–Kier alpha value is -4.04. The molecule has 186 valence electrons. The van der Waals surface area contributed by atoms with E-state index < -0.39 is 23.5 Å². The van der Waals surface area contributed by atoms with Crippen LogP contribution in [-0.4, -0.2) is 27.9 Å². The molecule has 3 heterocycles. The van der Waals surface area contributed by atoms with E-state index in [1.54, 1.807) is 24.3 Å². The van der Waals surface area contributed by atoms with E-state index in [1.165, 1.54) is 17.0 Å². The number of carbonyl (C=O) groups excluding carboxylic acids is 2. The van der Waals surface area contributed by atoms with Gasteiger partial charge in [-0.15, -0.1) is 0 Å². The average Bonchev–Trinajstić information content (AvgIpc) is 3.55. The predicted octanol–water partition coefficient (Wildman–Crippen LogP) is 5.95. The van der Waals surface area contributed by atoms with Gasteiger partial charge in [0.25, 0.3) is 5.78 Å². The van der Waals surface area contributed by atoms with Gasteiger partial charge in [-0.1, -0.05) is 42.5 Å². The molecule has 2 aliphatic heterocycles. The number of rotatable bonds is 4. The van der Waals surface area contributed by atoms with Crippen LogP contribution >= 0.6 is 11.3 Å². The maximum Gasteiger partial charge on any atom is 0.301 e. The molecule has 2 atom stereocenters. The van der Waals surface area contributed by atoms with Crippen LogP contribution in [0.2, 0.25) is 0 Å². The number of fused-ring (bicyclic) bond motifs is 2. The van der Waals surface area contributed by atoms with Gasteiger partial charge in [0.15, 0.2) is 5.13 Å². The first-order chi connectivity index (χ1) is 17.8. The molecule has 37 heavy (non-hydrogen) atoms. The summed E-state index contributed by atoms with van der Waals surface area (Å²) in [5.74, 6) is -1.49. The largest absolute Gasteiger partial charge is 0.507 e. The number of anilines is 1. The van der Waals surface area contributed by atoms with E-state index in [0.717, 1.165) is 34.6 Å². The van der Waals surface area contributed by atoms with E-state index in [2.05, 4.69) is 4.98 Å². The van der Waals surface area contributed by atoms with Gasteiger partial charge in [-0.3, -0.25) is 14.5 Å². The Morgan fingerprint density at radius 2 is 1.92 bits per heavy atom. The van der Waals surface area contributed by atoms with Gasteiger partial charge in [0.1, 0.15) is 23.4 Å². The van der Waals surface area contributed by atoms with Gasteiger partial charge in [0.05, 0.1) is 21.8 Å². The Kier molecular flexibility index (Phi) is 5.56. The Bertz CT molecular complexity index is 1610. The standard InChI is InChI=1S/C29H23FN2O4S/c1-3-16-4-6-17(7-5-16)25-24(26(33)18-8-11-22-19(13-18)12-15(2)36-22)27(34)28(35)32(25)29-31-21-10-9-20(30)14-23(21)37-29/h4-11,13-15,25,33H,3,12H2,1-2H3/b26-24+/t15-,25+/m1/s1. The molecule has 2 aliphatic rings. The van der Waals surface area contributed by atoms with Gasteiger partial charge < -0.3 is 9.84 Å². The molecule has 1 amide bonds. The van der Waals surface area contributed by atoms with Gasteiger partial charge in [0, 0.05) is 12.0 Å². The first-order valence-corrected chi connectivity index (χ1v) is 12.9. The third-order valence-corrected chi connectivity index (χ3v) is 7.88. The second kappa shape index (κ2) is 8.81. The van der Waals surface area contributed by atoms with Crippen LogP contribution in [0.5, 0.6) is 5.75 Å². The molecule has 6 rings (SSSR count). The zero-order chi connectivity index (χ0) is 25.8. The van der Waals surface area contributed by atoms with E-state index in [4.69, 9.17) is 4.74 Å². The summed E-state index contributed by atoms with van der Waals surface area (Å²) in [4.78, 5) is 32.7. The number of thiazole rings is 1. The highest BCUT2D eigenvalue weighted by atomic mass is 32.1. The number of ether oxygens (including phenoxy) is 1. The van der Waals surface area contributed by atoms with Crippen molar-refractivity contribution < 1.29 is 23.8 Å². The van der Waals surface area contributed by atoms with Crippen molar-refractivity contribution in [2.75, 3.05) is 4.90 Å². The summed E-state index contributed by atoms with van der Waals surface area (Å²) in [5, 5.41) is 11.7. The van der Waals surface area contributed by atoms with Crippen LogP contribution in [0, 0.1) is 5.82 Å². The summed E-state index contributed by atoms with van der Waals surface area (Å²) in [6, 6.07) is 16.2. The lowest BCUT2D eigenvalue weighted by Crippen LogP contribution is -2.29. The lowest BCUT2D eigenvalue weighted by Gasteiger charge is -2.23. The first kappa shape index (κ1) is 23.4. The zero-order valence-corrected chi connectivity index (χ0v) is 21.0. The Morgan fingerprint density at radius 3 is 2.68 bits per heavy atom. The Balaban J connectivity index is 1.53. The molecule has 0 saturated carbocycles. The highest BCUT2D eigenvalue weighted by Gasteiger charge is 2.48. The fourth-order valence-corrected chi connectivity index (χ4v) is 6.01. The third-order valence-electron chi connectivity index (χ3n) is 6.86. The number of aliphatic hydroxyl groups is 1. The second-order valence-electron chi connectivity index (χ2n) is 9.33. The molecule has 1 aromatic heterocycles. The SMILES string of the molecule is CCc1ccc([C@H]2/C(=C(\O)c3ccc4c(c3)C[C@@H](C)O4)C(=O)C(=O)N2c2nc3ccc(F)cc3s2)cc1. The second-order valence-corrected chi connectivity index (χ2v) is 10.3. The first-order valence-electron chi connectivity index (χ1n) is 12.1. The van der Waals surface area contributed by atoms with E-state index in [1.807, 2.05) is 38.1 Å². The highest BCUT2D eigenvalue weighted by molar-refractivity contribution is 7.22. The summed E-state index contributed by atoms with van der Waals surface area (Å²) < 4.78 is 20.2. The predicted molar refractivity (Wildman–Crippen MR) is 140 cm³/mol. The fraction of sp³-hybridized carbons (Fsp3) is 0.207. The summed E-state index contributed by atoms with van der Waals surface area (Å²) in [6.07, 6.45) is 1.55. The van der Waals surface area contributed by atoms with Crippen LogP contribution in [0.1, 0.15) is 42.1 Å². The minimum absolute atomic E-state index is 0.00778. The molecule has 1 saturated heterocycles. The number of ketones is 1. The smallest absolute Gasteiger partial charge is 0.301 e. The number of hydrogen-bond acceptors (Lipinski definition) is 6. The molecular formula is C29H23FN2O4S. The monoisotopic (exact) mass is 514 g/mol. The molecule has 0 radical (unpaired) electrons. The van der Waals surface area contributed by atoms with Crippen molar-refractivity contribution in [3.8, 4) is 5.75 Å². The van der Waals surface area contributed by atoms with Crippen molar-refractivity contribution in [2.24, 2.45) is 0 Å². The van der Waals surface area contributed by atoms with Crippen molar-refractivity contribution in [2.45, 2.75) is 38.8 Å². The maximum atomic E-state index is 13.8. The highest BCUT2D eigenvalue weighted by Crippen LogP contribution is 2.45. The minimum Gasteiger partial charge on any atom is -0.507 e. The van der Waals surface area contributed by atoms with Crippen LogP contribution in [-0.2, 0) is 22.4 Å². The third kappa shape index (κ3) is 3.88. The van der Waals surface area contributed by atoms with Gasteiger partial charge in [0.2, 0.25) is 0 Å². The van der Waals surface area contributed by atoms with Crippen molar-refractivity contribution in [1.82, 2.24) is 4.98 Å². The number of Topliss-reactive ketones (excluding diaryl/α,β-unsaturated/α-hetero) is 1. The maximum absolute atomic E-state index is 13.8. The average molecular weight is 515 g/mol. The minimum atomic E-state index is -0.889. The normalized spacial score (nSPS) is 20.5. The van der Waals surface area contributed by atoms with Crippen LogP contribution in [0.15, 0.2) is 66.2 Å². The van der Waals surface area contributed by atoms with Crippen LogP contribution < -0.4 is 9.64 Å². The van der Waals surface area contributed by atoms with Gasteiger partial charge in [-0.2, -0.15) is 0 Å². The number of carbonyl (C=O) groups is 2. The molecule has 0 unspecified atom stereocenters. The zero-order valence-electron chi connectivity index (χ0n) is 20.2. The number of nitrogens with zero attached hydrogens (tertiary/aromatic N) is 2. The van der Waals surface area contributed by atoms with Crippen LogP contribution in [0.3, 0.4) is 0 Å². The van der Waals surface area contributed by atoms with Crippen LogP contribution in [0.4, 0.5) is 9.52 Å². The molecule has 3 aromatic carbocycles. The van der Waals surface area contributed by atoms with E-state index in [-0.39, 0.29) is 22.6 Å². The number of hydrogen-bond donors (Lipinski definition) is 1. The molecule has 1 N–H and O–H groups in total. The molecule has 0 aliphatic carbocycles. The molecule has 8 heteroatoms. The van der Waals surface area contributed by atoms with Crippen molar-refractivity contribution in [3.63, 3.8) is 0 Å². The number of aryl methyl sites for hydroxylation is 1.